The Morgan fingerprint density at radius 3 is 2.80 bits per heavy atom. The maximum absolute atomic E-state index is 8.63. The van der Waals surface area contributed by atoms with Crippen molar-refractivity contribution < 1.29 is 5.11 Å². The van der Waals surface area contributed by atoms with Gasteiger partial charge in [-0.3, -0.25) is 0 Å². The molecule has 0 spiro atoms. The molecule has 1 atom stereocenters. The molecule has 1 unspecified atom stereocenters. The van der Waals surface area contributed by atoms with E-state index < -0.39 is 0 Å². The Hall–Kier alpha value is -0.270. The van der Waals surface area contributed by atoms with Gasteiger partial charge in [0.1, 0.15) is 0 Å². The zero-order chi connectivity index (χ0) is 7.61. The molecule has 0 aromatic heterocycles. The van der Waals surface area contributed by atoms with Crippen molar-refractivity contribution >= 4 is 11.6 Å². The lowest BCUT2D eigenvalue weighted by atomic mass is 10.0. The molecule has 0 aromatic rings. The fourth-order valence-corrected chi connectivity index (χ4v) is 1.29. The number of hydrogen-bond donors (Lipinski definition) is 1. The summed E-state index contributed by atoms with van der Waals surface area (Å²) in [5.74, 6) is 0. The van der Waals surface area contributed by atoms with Crippen molar-refractivity contribution in [1.29, 1.82) is 0 Å². The van der Waals surface area contributed by atoms with E-state index in [4.69, 9.17) is 16.7 Å². The third-order valence-corrected chi connectivity index (χ3v) is 2.08. The largest absolute Gasteiger partial charge is 0.396 e. The number of hydrogen-bond acceptors (Lipinski definition) is 1. The van der Waals surface area contributed by atoms with Crippen LogP contribution in [0.3, 0.4) is 0 Å². The van der Waals surface area contributed by atoms with Crippen molar-refractivity contribution in [2.75, 3.05) is 6.61 Å². The molecule has 0 amide bonds. The van der Waals surface area contributed by atoms with Crippen LogP contribution in [0.4, 0.5) is 0 Å². The van der Waals surface area contributed by atoms with E-state index in [1.54, 1.807) is 0 Å². The lowest BCUT2D eigenvalue weighted by molar-refractivity contribution is 0.297. The summed E-state index contributed by atoms with van der Waals surface area (Å²) in [6, 6.07) is 0. The van der Waals surface area contributed by atoms with Crippen LogP contribution in [0.15, 0.2) is 23.8 Å². The van der Waals surface area contributed by atoms with Crippen molar-refractivity contribution in [2.24, 2.45) is 0 Å². The molecule has 1 nitrogen and oxygen atoms in total. The van der Waals surface area contributed by atoms with Crippen LogP contribution < -0.4 is 0 Å². The average Bonchev–Trinajstić information content (AvgIpc) is 2.13. The van der Waals surface area contributed by atoms with Crippen LogP contribution >= 0.6 is 11.6 Å². The summed E-state index contributed by atoms with van der Waals surface area (Å²) in [5, 5.41) is 8.63. The van der Waals surface area contributed by atoms with Gasteiger partial charge in [-0.05, 0) is 18.9 Å². The van der Waals surface area contributed by atoms with E-state index in [2.05, 4.69) is 0 Å². The SMILES string of the molecule is CC1(Cl)C=CC=C1CCO. The third-order valence-electron chi connectivity index (χ3n) is 1.72. The number of aliphatic hydroxyl groups is 1. The molecule has 1 aliphatic rings. The van der Waals surface area contributed by atoms with Gasteiger partial charge in [0, 0.05) is 6.61 Å². The fraction of sp³-hybridized carbons (Fsp3) is 0.500. The molecular weight excluding hydrogens is 148 g/mol. The third kappa shape index (κ3) is 1.41. The summed E-state index contributed by atoms with van der Waals surface area (Å²) in [6.07, 6.45) is 6.49. The second kappa shape index (κ2) is 2.77. The molecule has 56 valence electrons. The minimum Gasteiger partial charge on any atom is -0.396 e. The molecule has 0 saturated carbocycles. The maximum atomic E-state index is 8.63. The second-order valence-corrected chi connectivity index (χ2v) is 3.39. The first-order valence-corrected chi connectivity index (χ1v) is 3.73. The highest BCUT2D eigenvalue weighted by molar-refractivity contribution is 6.27. The number of aliphatic hydroxyl groups excluding tert-OH is 1. The minimum atomic E-state index is -0.345. The normalized spacial score (nSPS) is 30.9. The lowest BCUT2D eigenvalue weighted by Gasteiger charge is -2.16. The van der Waals surface area contributed by atoms with Crippen LogP contribution in [0.25, 0.3) is 0 Å². The molecular formula is C8H11ClO. The van der Waals surface area contributed by atoms with Gasteiger partial charge in [0.2, 0.25) is 0 Å². The van der Waals surface area contributed by atoms with Crippen molar-refractivity contribution in [3.63, 3.8) is 0 Å². The van der Waals surface area contributed by atoms with E-state index in [0.717, 1.165) is 5.57 Å². The Kier molecular flexibility index (Phi) is 2.17. The predicted octanol–water partition coefficient (Wildman–Crippen LogP) is 1.86. The lowest BCUT2D eigenvalue weighted by Crippen LogP contribution is -2.14. The smallest absolute Gasteiger partial charge is 0.0814 e. The van der Waals surface area contributed by atoms with Gasteiger partial charge in [-0.25, -0.2) is 0 Å². The number of alkyl halides is 1. The molecule has 0 bridgehead atoms. The maximum Gasteiger partial charge on any atom is 0.0814 e. The Morgan fingerprint density at radius 1 is 1.70 bits per heavy atom. The van der Waals surface area contributed by atoms with Crippen molar-refractivity contribution in [3.05, 3.63) is 23.8 Å². The van der Waals surface area contributed by atoms with Gasteiger partial charge in [0.25, 0.3) is 0 Å². The summed E-state index contributed by atoms with van der Waals surface area (Å²) in [7, 11) is 0. The second-order valence-electron chi connectivity index (χ2n) is 2.60. The molecule has 10 heavy (non-hydrogen) atoms. The molecule has 1 N–H and O–H groups in total. The molecule has 1 rings (SSSR count). The van der Waals surface area contributed by atoms with Gasteiger partial charge < -0.3 is 5.11 Å². The van der Waals surface area contributed by atoms with E-state index in [1.165, 1.54) is 0 Å². The minimum absolute atomic E-state index is 0.176. The van der Waals surface area contributed by atoms with Gasteiger partial charge in [0.05, 0.1) is 4.87 Å². The van der Waals surface area contributed by atoms with Crippen LogP contribution in [0, 0.1) is 0 Å². The molecule has 0 saturated heterocycles. The average molecular weight is 159 g/mol. The summed E-state index contributed by atoms with van der Waals surface area (Å²) < 4.78 is 0. The van der Waals surface area contributed by atoms with Crippen LogP contribution in [0.1, 0.15) is 13.3 Å². The van der Waals surface area contributed by atoms with Crippen LogP contribution in [-0.4, -0.2) is 16.6 Å². The zero-order valence-electron chi connectivity index (χ0n) is 5.97. The number of halogens is 1. The van der Waals surface area contributed by atoms with Gasteiger partial charge in [-0.15, -0.1) is 11.6 Å². The molecule has 0 radical (unpaired) electrons. The van der Waals surface area contributed by atoms with E-state index in [0.29, 0.717) is 6.42 Å². The first kappa shape index (κ1) is 7.83. The summed E-state index contributed by atoms with van der Waals surface area (Å²) >= 11 is 6.05. The van der Waals surface area contributed by atoms with Gasteiger partial charge in [0.15, 0.2) is 0 Å². The Balaban J connectivity index is 2.63. The molecule has 1 aliphatic carbocycles. The highest BCUT2D eigenvalue weighted by atomic mass is 35.5. The van der Waals surface area contributed by atoms with Crippen LogP contribution in [-0.2, 0) is 0 Å². The van der Waals surface area contributed by atoms with Crippen molar-refractivity contribution in [1.82, 2.24) is 0 Å². The zero-order valence-corrected chi connectivity index (χ0v) is 6.73. The van der Waals surface area contributed by atoms with E-state index in [-0.39, 0.29) is 11.5 Å². The molecule has 0 aromatic carbocycles. The number of rotatable bonds is 2. The molecule has 0 heterocycles. The van der Waals surface area contributed by atoms with Gasteiger partial charge >= 0.3 is 0 Å². The van der Waals surface area contributed by atoms with Gasteiger partial charge in [-0.1, -0.05) is 18.2 Å². The highest BCUT2D eigenvalue weighted by Gasteiger charge is 2.24. The van der Waals surface area contributed by atoms with Crippen LogP contribution in [0.5, 0.6) is 0 Å². The molecule has 0 fully saturated rings. The topological polar surface area (TPSA) is 20.2 Å². The summed E-state index contributed by atoms with van der Waals surface area (Å²) in [4.78, 5) is -0.345. The molecule has 0 aliphatic heterocycles. The highest BCUT2D eigenvalue weighted by Crippen LogP contribution is 2.32. The van der Waals surface area contributed by atoms with Crippen molar-refractivity contribution in [2.45, 2.75) is 18.2 Å². The summed E-state index contributed by atoms with van der Waals surface area (Å²) in [5.41, 5.74) is 1.09. The molecule has 2 heteroatoms. The van der Waals surface area contributed by atoms with E-state index in [1.807, 2.05) is 25.2 Å². The fourth-order valence-electron chi connectivity index (χ4n) is 1.06. The Bertz CT molecular complexity index is 180. The van der Waals surface area contributed by atoms with E-state index >= 15 is 0 Å². The van der Waals surface area contributed by atoms with Crippen LogP contribution in [0.2, 0.25) is 0 Å². The quantitative estimate of drug-likeness (QED) is 0.609. The first-order valence-electron chi connectivity index (χ1n) is 3.35. The Labute approximate surface area is 66.0 Å². The summed E-state index contributed by atoms with van der Waals surface area (Å²) in [6.45, 7) is 2.11. The van der Waals surface area contributed by atoms with E-state index in [9.17, 15) is 0 Å². The predicted molar refractivity (Wildman–Crippen MR) is 43.2 cm³/mol. The van der Waals surface area contributed by atoms with Crippen molar-refractivity contribution in [3.8, 4) is 0 Å². The van der Waals surface area contributed by atoms with Gasteiger partial charge in [-0.2, -0.15) is 0 Å². The standard InChI is InChI=1S/C8H11ClO/c1-8(9)5-2-3-7(8)4-6-10/h2-3,5,10H,4,6H2,1H3. The monoisotopic (exact) mass is 158 g/mol. The first-order chi connectivity index (χ1) is 4.67. The Morgan fingerprint density at radius 2 is 2.40 bits per heavy atom. The number of allylic oxidation sites excluding steroid dienone is 3.